The number of halogens is 1. The molecule has 152 valence electrons. The molecule has 2 heterocycles. The molecular formula is C24H17FN4OS. The minimum absolute atomic E-state index is 0.209. The molecule has 0 aliphatic rings. The normalized spacial score (nSPS) is 11.2. The summed E-state index contributed by atoms with van der Waals surface area (Å²) in [6, 6.07) is 25.4. The lowest BCUT2D eigenvalue weighted by atomic mass is 9.90. The first-order chi connectivity index (χ1) is 15.2. The van der Waals surface area contributed by atoms with Crippen molar-refractivity contribution in [3.05, 3.63) is 107 Å². The van der Waals surface area contributed by atoms with Crippen molar-refractivity contribution in [3.63, 3.8) is 0 Å². The average Bonchev–Trinajstić information content (AvgIpc) is 3.36. The largest absolute Gasteiger partial charge is 0.292 e. The average molecular weight is 428 g/mol. The van der Waals surface area contributed by atoms with Gasteiger partial charge in [-0.05, 0) is 35.4 Å². The van der Waals surface area contributed by atoms with Gasteiger partial charge in [0.2, 0.25) is 16.8 Å². The molecule has 0 bridgehead atoms. The number of amides is 1. The van der Waals surface area contributed by atoms with Crippen LogP contribution >= 0.6 is 11.3 Å². The van der Waals surface area contributed by atoms with E-state index >= 15 is 0 Å². The first-order valence-corrected chi connectivity index (χ1v) is 10.6. The quantitative estimate of drug-likeness (QED) is 0.410. The Morgan fingerprint density at radius 2 is 1.52 bits per heavy atom. The number of nitrogens with zero attached hydrogens (tertiary/aromatic N) is 3. The molecular weight excluding hydrogens is 411 g/mol. The zero-order valence-corrected chi connectivity index (χ0v) is 17.1. The van der Waals surface area contributed by atoms with Crippen LogP contribution in [0, 0.1) is 5.82 Å². The summed E-state index contributed by atoms with van der Waals surface area (Å²) in [5.41, 5.74) is 3.39. The molecule has 5 aromatic rings. The lowest BCUT2D eigenvalue weighted by Gasteiger charge is -2.16. The predicted octanol–water partition coefficient (Wildman–Crippen LogP) is 5.37. The van der Waals surface area contributed by atoms with Crippen molar-refractivity contribution in [2.45, 2.75) is 5.92 Å². The Kier molecular flexibility index (Phi) is 5.01. The summed E-state index contributed by atoms with van der Waals surface area (Å²) in [5.74, 6) is -0.758. The summed E-state index contributed by atoms with van der Waals surface area (Å²) in [6.45, 7) is 0. The van der Waals surface area contributed by atoms with E-state index in [1.165, 1.54) is 23.5 Å². The van der Waals surface area contributed by atoms with Gasteiger partial charge in [0, 0.05) is 10.9 Å². The summed E-state index contributed by atoms with van der Waals surface area (Å²) in [4.78, 5) is 18.4. The molecule has 0 unspecified atom stereocenters. The zero-order valence-electron chi connectivity index (χ0n) is 16.3. The van der Waals surface area contributed by atoms with E-state index in [0.29, 0.717) is 4.96 Å². The van der Waals surface area contributed by atoms with Crippen LogP contribution in [-0.4, -0.2) is 20.5 Å². The number of nitrogens with one attached hydrogen (secondary N) is 1. The smallest absolute Gasteiger partial charge is 0.250 e. The highest BCUT2D eigenvalue weighted by atomic mass is 32.1. The Morgan fingerprint density at radius 1 is 0.903 bits per heavy atom. The molecule has 0 spiro atoms. The number of anilines is 1. The molecule has 5 nitrogen and oxygen atoms in total. The van der Waals surface area contributed by atoms with Crippen LogP contribution in [0.4, 0.5) is 10.3 Å². The number of benzene rings is 3. The van der Waals surface area contributed by atoms with Crippen LogP contribution in [-0.2, 0) is 4.79 Å². The molecule has 1 amide bonds. The number of carbonyl (C=O) groups is 1. The van der Waals surface area contributed by atoms with Gasteiger partial charge in [-0.15, -0.1) is 16.4 Å². The fraction of sp³-hybridized carbons (Fsp3) is 0.0417. The first kappa shape index (κ1) is 19.1. The maximum atomic E-state index is 13.3. The summed E-state index contributed by atoms with van der Waals surface area (Å²) >= 11 is 1.41. The first-order valence-electron chi connectivity index (χ1n) is 9.70. The van der Waals surface area contributed by atoms with Crippen molar-refractivity contribution >= 4 is 28.2 Å². The highest BCUT2D eigenvalue weighted by molar-refractivity contribution is 7.15. The number of rotatable bonds is 5. The van der Waals surface area contributed by atoms with Crippen molar-refractivity contribution in [1.82, 2.24) is 14.6 Å². The molecule has 0 saturated heterocycles. The highest BCUT2D eigenvalue weighted by Gasteiger charge is 2.24. The van der Waals surface area contributed by atoms with E-state index in [-0.39, 0.29) is 17.7 Å². The van der Waals surface area contributed by atoms with Crippen molar-refractivity contribution in [1.29, 1.82) is 0 Å². The topological polar surface area (TPSA) is 59.3 Å². The van der Waals surface area contributed by atoms with E-state index in [4.69, 9.17) is 0 Å². The number of hydrogen-bond donors (Lipinski definition) is 1. The second-order valence-electron chi connectivity index (χ2n) is 7.00. The summed E-state index contributed by atoms with van der Waals surface area (Å²) in [5, 5.41) is 9.25. The Hall–Kier alpha value is -3.84. The van der Waals surface area contributed by atoms with Crippen LogP contribution in [0.3, 0.4) is 0 Å². The Morgan fingerprint density at radius 3 is 2.13 bits per heavy atom. The number of carbonyl (C=O) groups excluding carboxylic acids is 1. The monoisotopic (exact) mass is 428 g/mol. The SMILES string of the molecule is O=C(Nc1nc2scc(-c3ccc(F)cc3)n2n1)C(c1ccccc1)c1ccccc1. The van der Waals surface area contributed by atoms with Crippen molar-refractivity contribution in [3.8, 4) is 11.3 Å². The van der Waals surface area contributed by atoms with E-state index in [2.05, 4.69) is 15.4 Å². The number of thiazole rings is 1. The van der Waals surface area contributed by atoms with Gasteiger partial charge in [0.05, 0.1) is 11.6 Å². The van der Waals surface area contributed by atoms with Gasteiger partial charge in [-0.1, -0.05) is 60.7 Å². The third kappa shape index (κ3) is 3.83. The van der Waals surface area contributed by atoms with Crippen LogP contribution in [0.25, 0.3) is 16.2 Å². The van der Waals surface area contributed by atoms with Crippen LogP contribution < -0.4 is 5.32 Å². The highest BCUT2D eigenvalue weighted by Crippen LogP contribution is 2.28. The molecule has 2 aromatic heterocycles. The number of hydrogen-bond acceptors (Lipinski definition) is 4. The van der Waals surface area contributed by atoms with Gasteiger partial charge in [0.15, 0.2) is 0 Å². The maximum Gasteiger partial charge on any atom is 0.250 e. The fourth-order valence-electron chi connectivity index (χ4n) is 3.52. The van der Waals surface area contributed by atoms with Crippen molar-refractivity contribution < 1.29 is 9.18 Å². The molecule has 7 heteroatoms. The van der Waals surface area contributed by atoms with Crippen LogP contribution in [0.15, 0.2) is 90.3 Å². The third-order valence-electron chi connectivity index (χ3n) is 4.98. The summed E-state index contributed by atoms with van der Waals surface area (Å²) < 4.78 is 14.9. The predicted molar refractivity (Wildman–Crippen MR) is 120 cm³/mol. The second kappa shape index (κ2) is 8.12. The van der Waals surface area contributed by atoms with E-state index in [0.717, 1.165) is 22.4 Å². The summed E-state index contributed by atoms with van der Waals surface area (Å²) in [7, 11) is 0. The molecule has 0 saturated carbocycles. The Bertz CT molecular complexity index is 1290. The second-order valence-corrected chi connectivity index (χ2v) is 7.84. The maximum absolute atomic E-state index is 13.3. The van der Waals surface area contributed by atoms with Crippen molar-refractivity contribution in [2.24, 2.45) is 0 Å². The van der Waals surface area contributed by atoms with Crippen LogP contribution in [0.2, 0.25) is 0 Å². The van der Waals surface area contributed by atoms with E-state index in [9.17, 15) is 9.18 Å². The number of aromatic nitrogens is 3. The lowest BCUT2D eigenvalue weighted by Crippen LogP contribution is -2.22. The molecule has 0 atom stereocenters. The molecule has 1 N–H and O–H groups in total. The minimum atomic E-state index is -0.486. The van der Waals surface area contributed by atoms with Gasteiger partial charge in [-0.25, -0.2) is 8.91 Å². The van der Waals surface area contributed by atoms with Gasteiger partial charge in [0.25, 0.3) is 0 Å². The molecule has 0 aliphatic heterocycles. The van der Waals surface area contributed by atoms with E-state index < -0.39 is 5.92 Å². The van der Waals surface area contributed by atoms with Gasteiger partial charge in [0.1, 0.15) is 5.82 Å². The van der Waals surface area contributed by atoms with E-state index in [1.54, 1.807) is 16.6 Å². The van der Waals surface area contributed by atoms with Crippen molar-refractivity contribution in [2.75, 3.05) is 5.32 Å². The van der Waals surface area contributed by atoms with Gasteiger partial charge in [-0.2, -0.15) is 4.98 Å². The van der Waals surface area contributed by atoms with Crippen LogP contribution in [0.5, 0.6) is 0 Å². The number of fused-ring (bicyclic) bond motifs is 1. The molecule has 3 aromatic carbocycles. The molecule has 5 rings (SSSR count). The van der Waals surface area contributed by atoms with Gasteiger partial charge < -0.3 is 0 Å². The molecule has 31 heavy (non-hydrogen) atoms. The van der Waals surface area contributed by atoms with Gasteiger partial charge >= 0.3 is 0 Å². The minimum Gasteiger partial charge on any atom is -0.292 e. The van der Waals surface area contributed by atoms with Crippen LogP contribution in [0.1, 0.15) is 17.0 Å². The molecule has 0 fully saturated rings. The van der Waals surface area contributed by atoms with Gasteiger partial charge in [-0.3, -0.25) is 10.1 Å². The van der Waals surface area contributed by atoms with E-state index in [1.807, 2.05) is 66.0 Å². The summed E-state index contributed by atoms with van der Waals surface area (Å²) in [6.07, 6.45) is 0. The lowest BCUT2D eigenvalue weighted by molar-refractivity contribution is -0.116. The fourth-order valence-corrected chi connectivity index (χ4v) is 4.35. The standard InChI is InChI=1S/C24H17FN4OS/c25-19-13-11-16(12-14-19)20-15-31-24-27-23(28-29(20)24)26-22(30)21(17-7-3-1-4-8-17)18-9-5-2-6-10-18/h1-15,21H,(H,26,28,30). The zero-order chi connectivity index (χ0) is 21.2. The molecule has 0 radical (unpaired) electrons. The Labute approximate surface area is 181 Å². The third-order valence-corrected chi connectivity index (χ3v) is 5.80. The Balaban J connectivity index is 1.47. The molecule has 0 aliphatic carbocycles.